The van der Waals surface area contributed by atoms with Crippen LogP contribution < -0.4 is 4.74 Å². The number of benzene rings is 2. The first-order valence-electron chi connectivity index (χ1n) is 13.4. The van der Waals surface area contributed by atoms with E-state index in [2.05, 4.69) is 11.8 Å². The molecule has 0 aromatic heterocycles. The molecule has 10 heteroatoms. The molecule has 1 amide bonds. The van der Waals surface area contributed by atoms with Gasteiger partial charge in [0.15, 0.2) is 0 Å². The monoisotopic (exact) mass is 537 g/mol. The zero-order chi connectivity index (χ0) is 27.9. The molecule has 0 aliphatic carbocycles. The molecule has 1 N–H and O–H groups in total. The van der Waals surface area contributed by atoms with Crippen molar-refractivity contribution >= 4 is 23.1 Å². The summed E-state index contributed by atoms with van der Waals surface area (Å²) in [5, 5.41) is 22.6. The summed E-state index contributed by atoms with van der Waals surface area (Å²) in [5.41, 5.74) is 1.58. The van der Waals surface area contributed by atoms with E-state index in [9.17, 15) is 24.8 Å². The van der Waals surface area contributed by atoms with Crippen molar-refractivity contribution in [3.63, 3.8) is 0 Å². The number of aryl methyl sites for hydroxylation is 1. The molecule has 0 spiro atoms. The van der Waals surface area contributed by atoms with E-state index in [1.54, 1.807) is 18.2 Å². The van der Waals surface area contributed by atoms with Gasteiger partial charge in [-0.15, -0.1) is 0 Å². The smallest absolute Gasteiger partial charge is 0.295 e. The highest BCUT2D eigenvalue weighted by Crippen LogP contribution is 2.40. The molecule has 2 saturated heterocycles. The Kier molecular flexibility index (Phi) is 9.32. The highest BCUT2D eigenvalue weighted by atomic mass is 16.6. The normalized spacial score (nSPS) is 19.4. The number of unbranched alkanes of at least 4 members (excludes halogenated alkanes) is 1. The van der Waals surface area contributed by atoms with Crippen molar-refractivity contribution in [3.8, 4) is 5.75 Å². The first kappa shape index (κ1) is 28.3. The minimum absolute atomic E-state index is 0.0284. The minimum atomic E-state index is -0.865. The van der Waals surface area contributed by atoms with E-state index < -0.39 is 22.7 Å². The molecule has 0 radical (unpaired) electrons. The Bertz CT molecular complexity index is 1240. The van der Waals surface area contributed by atoms with E-state index in [4.69, 9.17) is 9.47 Å². The fraction of sp³-hybridized carbons (Fsp3) is 0.448. The molecule has 4 rings (SSSR count). The maximum atomic E-state index is 13.3. The van der Waals surface area contributed by atoms with Gasteiger partial charge in [0.25, 0.3) is 17.4 Å². The summed E-state index contributed by atoms with van der Waals surface area (Å²) in [6.45, 7) is 8.49. The lowest BCUT2D eigenvalue weighted by Gasteiger charge is -2.29. The van der Waals surface area contributed by atoms with Crippen LogP contribution in [0.1, 0.15) is 48.9 Å². The Morgan fingerprint density at radius 1 is 1.10 bits per heavy atom. The summed E-state index contributed by atoms with van der Waals surface area (Å²) < 4.78 is 11.2. The van der Waals surface area contributed by atoms with Crippen molar-refractivity contribution in [1.29, 1.82) is 0 Å². The lowest BCUT2D eigenvalue weighted by molar-refractivity contribution is -0.384. The summed E-state index contributed by atoms with van der Waals surface area (Å²) in [6.07, 6.45) is 2.55. The second kappa shape index (κ2) is 12.9. The number of nitro benzene ring substituents is 1. The Balaban J connectivity index is 1.66. The first-order valence-corrected chi connectivity index (χ1v) is 13.4. The van der Waals surface area contributed by atoms with Crippen LogP contribution in [0.3, 0.4) is 0 Å². The highest BCUT2D eigenvalue weighted by Gasteiger charge is 2.46. The van der Waals surface area contributed by atoms with Crippen molar-refractivity contribution in [2.45, 2.75) is 39.2 Å². The van der Waals surface area contributed by atoms with Gasteiger partial charge >= 0.3 is 0 Å². The van der Waals surface area contributed by atoms with Gasteiger partial charge in [-0.1, -0.05) is 13.3 Å². The quantitative estimate of drug-likeness (QED) is 0.113. The number of nitro groups is 1. The maximum absolute atomic E-state index is 13.3. The SMILES string of the molecule is CCCCOc1ccc(/C(O)=C2\C(=O)C(=O)N(CCCN3CCOCC3)[C@H]2c2ccc([N+](=O)[O-])cc2)cc1C. The predicted molar refractivity (Wildman–Crippen MR) is 146 cm³/mol. The number of nitrogens with zero attached hydrogens (tertiary/aromatic N) is 3. The van der Waals surface area contributed by atoms with Crippen LogP contribution in [0.15, 0.2) is 48.0 Å². The number of aliphatic hydroxyl groups excluding tert-OH is 1. The van der Waals surface area contributed by atoms with Crippen LogP contribution >= 0.6 is 0 Å². The largest absolute Gasteiger partial charge is 0.507 e. The molecule has 2 aromatic carbocycles. The number of aliphatic hydroxyl groups is 1. The molecule has 0 bridgehead atoms. The van der Waals surface area contributed by atoms with Gasteiger partial charge in [-0.25, -0.2) is 0 Å². The number of amides is 1. The van der Waals surface area contributed by atoms with E-state index in [-0.39, 0.29) is 17.0 Å². The van der Waals surface area contributed by atoms with Gasteiger partial charge in [0.05, 0.1) is 36.4 Å². The van der Waals surface area contributed by atoms with Crippen molar-refractivity contribution in [3.05, 3.63) is 74.8 Å². The molecule has 2 aliphatic heterocycles. The van der Waals surface area contributed by atoms with Crippen LogP contribution in [0.2, 0.25) is 0 Å². The maximum Gasteiger partial charge on any atom is 0.295 e. The topological polar surface area (TPSA) is 122 Å². The number of likely N-dealkylation sites (tertiary alicyclic amines) is 1. The number of ketones is 1. The fourth-order valence-corrected chi connectivity index (χ4v) is 4.97. The molecule has 1 atom stereocenters. The number of carbonyl (C=O) groups is 2. The van der Waals surface area contributed by atoms with E-state index in [0.717, 1.165) is 38.0 Å². The third-order valence-corrected chi connectivity index (χ3v) is 7.14. The van der Waals surface area contributed by atoms with Crippen LogP contribution in [-0.2, 0) is 14.3 Å². The van der Waals surface area contributed by atoms with Gasteiger partial charge in [-0.2, -0.15) is 0 Å². The lowest BCUT2D eigenvalue weighted by atomic mass is 9.94. The lowest BCUT2D eigenvalue weighted by Crippen LogP contribution is -2.38. The number of Topliss-reactive ketones (excluding diaryl/α,β-unsaturated/α-hetero) is 1. The molecular weight excluding hydrogens is 502 g/mol. The summed E-state index contributed by atoms with van der Waals surface area (Å²) in [5.74, 6) is -1.06. The predicted octanol–water partition coefficient (Wildman–Crippen LogP) is 4.23. The summed E-state index contributed by atoms with van der Waals surface area (Å²) >= 11 is 0. The number of ether oxygens (including phenoxy) is 2. The molecule has 10 nitrogen and oxygen atoms in total. The Labute approximate surface area is 228 Å². The average molecular weight is 538 g/mol. The molecule has 2 aliphatic rings. The Hall–Kier alpha value is -3.76. The highest BCUT2D eigenvalue weighted by molar-refractivity contribution is 6.46. The fourth-order valence-electron chi connectivity index (χ4n) is 4.97. The van der Waals surface area contributed by atoms with Crippen LogP contribution in [0.5, 0.6) is 5.75 Å². The molecule has 39 heavy (non-hydrogen) atoms. The number of hydrogen-bond acceptors (Lipinski definition) is 8. The van der Waals surface area contributed by atoms with E-state index in [0.29, 0.717) is 49.7 Å². The summed E-state index contributed by atoms with van der Waals surface area (Å²) in [4.78, 5) is 41.0. The molecule has 2 fully saturated rings. The number of morpholine rings is 1. The van der Waals surface area contributed by atoms with Crippen LogP contribution in [-0.4, -0.2) is 77.5 Å². The zero-order valence-corrected chi connectivity index (χ0v) is 22.4. The van der Waals surface area contributed by atoms with E-state index in [1.807, 2.05) is 6.92 Å². The number of carbonyl (C=O) groups excluding carboxylic acids is 2. The van der Waals surface area contributed by atoms with Crippen molar-refractivity contribution in [2.24, 2.45) is 0 Å². The third kappa shape index (κ3) is 6.46. The molecule has 208 valence electrons. The third-order valence-electron chi connectivity index (χ3n) is 7.14. The van der Waals surface area contributed by atoms with Gasteiger partial charge in [-0.05, 0) is 61.2 Å². The van der Waals surface area contributed by atoms with Crippen molar-refractivity contribution in [2.75, 3.05) is 46.0 Å². The van der Waals surface area contributed by atoms with Crippen LogP contribution in [0, 0.1) is 17.0 Å². The molecule has 0 saturated carbocycles. The first-order chi connectivity index (χ1) is 18.8. The molecular formula is C29H35N3O7. The van der Waals surface area contributed by atoms with Gasteiger partial charge in [-0.3, -0.25) is 24.6 Å². The number of hydrogen-bond donors (Lipinski definition) is 1. The second-order valence-electron chi connectivity index (χ2n) is 9.83. The average Bonchev–Trinajstić information content (AvgIpc) is 3.19. The second-order valence-corrected chi connectivity index (χ2v) is 9.83. The van der Waals surface area contributed by atoms with Crippen LogP contribution in [0.25, 0.3) is 5.76 Å². The minimum Gasteiger partial charge on any atom is -0.507 e. The van der Waals surface area contributed by atoms with Crippen LogP contribution in [0.4, 0.5) is 5.69 Å². The Morgan fingerprint density at radius 3 is 2.46 bits per heavy atom. The standard InChI is InChI=1S/C29H35N3O7/c1-3-4-16-39-24-11-8-22(19-20(24)2)27(33)25-26(21-6-9-23(10-7-21)32(36)37)31(29(35)28(25)34)13-5-12-30-14-17-38-18-15-30/h6-11,19,26,33H,3-5,12-18H2,1-2H3/b27-25+/t26-/m0/s1. The zero-order valence-electron chi connectivity index (χ0n) is 22.4. The van der Waals surface area contributed by atoms with E-state index in [1.165, 1.54) is 29.2 Å². The molecule has 0 unspecified atom stereocenters. The van der Waals surface area contributed by atoms with Gasteiger partial charge in [0, 0.05) is 43.9 Å². The molecule has 2 aromatic rings. The van der Waals surface area contributed by atoms with Gasteiger partial charge < -0.3 is 19.5 Å². The van der Waals surface area contributed by atoms with Crippen molar-refractivity contribution in [1.82, 2.24) is 9.80 Å². The Morgan fingerprint density at radius 2 is 1.82 bits per heavy atom. The van der Waals surface area contributed by atoms with Gasteiger partial charge in [0.2, 0.25) is 0 Å². The molecule has 2 heterocycles. The van der Waals surface area contributed by atoms with Crippen molar-refractivity contribution < 1.29 is 29.1 Å². The van der Waals surface area contributed by atoms with E-state index >= 15 is 0 Å². The summed E-state index contributed by atoms with van der Waals surface area (Å²) in [7, 11) is 0. The summed E-state index contributed by atoms with van der Waals surface area (Å²) in [6, 6.07) is 10.0. The van der Waals surface area contributed by atoms with Gasteiger partial charge in [0.1, 0.15) is 11.5 Å². The number of non-ortho nitro benzene ring substituents is 1. The number of rotatable bonds is 11.